The molecular weight excluding hydrogens is 362 g/mol. The smallest absolute Gasteiger partial charge is 0.313 e. The highest BCUT2D eigenvalue weighted by atomic mass is 32.2. The number of nitrogens with one attached hydrogen (secondary N) is 2. The van der Waals surface area contributed by atoms with Gasteiger partial charge in [-0.25, -0.2) is 0 Å². The third-order valence-electron chi connectivity index (χ3n) is 4.84. The molecule has 6 nitrogen and oxygen atoms in total. The molecule has 3 rings (SSSR count). The highest BCUT2D eigenvalue weighted by Gasteiger charge is 2.25. The number of aryl methyl sites for hydroxylation is 2. The normalized spacial score (nSPS) is 15.9. The van der Waals surface area contributed by atoms with Crippen LogP contribution in [0.2, 0.25) is 0 Å². The minimum atomic E-state index is -0.654. The molecule has 1 aliphatic rings. The zero-order valence-electron chi connectivity index (χ0n) is 15.7. The molecule has 27 heavy (non-hydrogen) atoms. The number of nitrogens with zero attached hydrogens (tertiary/aromatic N) is 1. The highest BCUT2D eigenvalue weighted by Crippen LogP contribution is 2.24. The van der Waals surface area contributed by atoms with Crippen molar-refractivity contribution in [2.45, 2.75) is 19.9 Å². The molecule has 0 radical (unpaired) electrons. The fourth-order valence-corrected chi connectivity index (χ4v) is 4.02. The summed E-state index contributed by atoms with van der Waals surface area (Å²) >= 11 is 1.93. The lowest BCUT2D eigenvalue weighted by Gasteiger charge is -2.33. The summed E-state index contributed by atoms with van der Waals surface area (Å²) in [6.45, 7) is 6.24. The molecule has 0 aliphatic carbocycles. The lowest BCUT2D eigenvalue weighted by Crippen LogP contribution is -2.44. The van der Waals surface area contributed by atoms with Gasteiger partial charge < -0.3 is 15.1 Å². The van der Waals surface area contributed by atoms with E-state index >= 15 is 0 Å². The maximum Gasteiger partial charge on any atom is 0.313 e. The standard InChI is InChI=1S/C20H25N3O3S/c1-14-3-4-17(11-15(14)2)22-20(25)19(24)21-12-18(16-5-8-26-13-16)23-6-9-27-10-7-23/h3-5,8,11,13,18H,6-7,9-10,12H2,1-2H3,(H,21,24)(H,22,25)/t18-/m0/s1. The van der Waals surface area contributed by atoms with Crippen LogP contribution in [0.5, 0.6) is 0 Å². The van der Waals surface area contributed by atoms with Gasteiger partial charge in [0.25, 0.3) is 0 Å². The van der Waals surface area contributed by atoms with E-state index in [9.17, 15) is 9.59 Å². The van der Waals surface area contributed by atoms with E-state index in [0.717, 1.165) is 41.3 Å². The van der Waals surface area contributed by atoms with Crippen molar-refractivity contribution in [3.63, 3.8) is 0 Å². The predicted molar refractivity (Wildman–Crippen MR) is 108 cm³/mol. The molecule has 2 heterocycles. The summed E-state index contributed by atoms with van der Waals surface area (Å²) < 4.78 is 5.22. The lowest BCUT2D eigenvalue weighted by atomic mass is 10.1. The number of benzene rings is 1. The summed E-state index contributed by atoms with van der Waals surface area (Å²) in [7, 11) is 0. The van der Waals surface area contributed by atoms with Crippen LogP contribution < -0.4 is 10.6 Å². The number of carbonyl (C=O) groups excluding carboxylic acids is 2. The fourth-order valence-electron chi connectivity index (χ4n) is 3.09. The molecule has 7 heteroatoms. The van der Waals surface area contributed by atoms with Crippen molar-refractivity contribution < 1.29 is 14.0 Å². The van der Waals surface area contributed by atoms with E-state index in [1.54, 1.807) is 18.6 Å². The number of anilines is 1. The number of rotatable bonds is 5. The van der Waals surface area contributed by atoms with Gasteiger partial charge in [-0.15, -0.1) is 0 Å². The van der Waals surface area contributed by atoms with Crippen LogP contribution in [0.4, 0.5) is 5.69 Å². The van der Waals surface area contributed by atoms with Crippen LogP contribution >= 0.6 is 11.8 Å². The van der Waals surface area contributed by atoms with Crippen molar-refractivity contribution in [3.05, 3.63) is 53.5 Å². The molecule has 0 spiro atoms. The first-order valence-corrected chi connectivity index (χ1v) is 10.2. The maximum absolute atomic E-state index is 12.3. The van der Waals surface area contributed by atoms with Gasteiger partial charge in [-0.05, 0) is 43.2 Å². The summed E-state index contributed by atoms with van der Waals surface area (Å²) in [5.74, 6) is 0.844. The Bertz CT molecular complexity index is 786. The SMILES string of the molecule is Cc1ccc(NC(=O)C(=O)NC[C@@H](c2ccoc2)N2CCSCC2)cc1C. The first-order chi connectivity index (χ1) is 13.0. The Kier molecular flexibility index (Phi) is 6.58. The maximum atomic E-state index is 12.3. The van der Waals surface area contributed by atoms with Crippen LogP contribution in [0.25, 0.3) is 0 Å². The Hall–Kier alpha value is -2.25. The van der Waals surface area contributed by atoms with Gasteiger partial charge in [-0.2, -0.15) is 11.8 Å². The van der Waals surface area contributed by atoms with Crippen molar-refractivity contribution in [3.8, 4) is 0 Å². The summed E-state index contributed by atoms with van der Waals surface area (Å²) in [6, 6.07) is 7.50. The number of furan rings is 1. The number of amides is 2. The molecule has 144 valence electrons. The Labute approximate surface area is 163 Å². The van der Waals surface area contributed by atoms with E-state index in [-0.39, 0.29) is 6.04 Å². The fraction of sp³-hybridized carbons (Fsp3) is 0.400. The first-order valence-electron chi connectivity index (χ1n) is 9.05. The number of thioether (sulfide) groups is 1. The molecule has 1 fully saturated rings. The van der Waals surface area contributed by atoms with Crippen molar-refractivity contribution in [1.29, 1.82) is 0 Å². The Morgan fingerprint density at radius 1 is 1.15 bits per heavy atom. The first kappa shape index (κ1) is 19.5. The molecule has 2 aromatic rings. The second-order valence-electron chi connectivity index (χ2n) is 6.68. The number of carbonyl (C=O) groups is 2. The summed E-state index contributed by atoms with van der Waals surface area (Å²) in [4.78, 5) is 26.8. The molecular formula is C20H25N3O3S. The predicted octanol–water partition coefficient (Wildman–Crippen LogP) is 2.74. The number of hydrogen-bond donors (Lipinski definition) is 2. The van der Waals surface area contributed by atoms with Crippen LogP contribution in [-0.2, 0) is 9.59 Å². The van der Waals surface area contributed by atoms with Crippen molar-refractivity contribution >= 4 is 29.3 Å². The van der Waals surface area contributed by atoms with Gasteiger partial charge in [0.15, 0.2) is 0 Å². The average molecular weight is 388 g/mol. The van der Waals surface area contributed by atoms with Crippen LogP contribution in [0.15, 0.2) is 41.2 Å². The van der Waals surface area contributed by atoms with Gasteiger partial charge >= 0.3 is 11.8 Å². The molecule has 1 aromatic heterocycles. The Morgan fingerprint density at radius 3 is 2.59 bits per heavy atom. The van der Waals surface area contributed by atoms with E-state index < -0.39 is 11.8 Å². The molecule has 2 N–H and O–H groups in total. The number of hydrogen-bond acceptors (Lipinski definition) is 5. The summed E-state index contributed by atoms with van der Waals surface area (Å²) in [5, 5.41) is 5.43. The minimum Gasteiger partial charge on any atom is -0.472 e. The van der Waals surface area contributed by atoms with Gasteiger partial charge in [-0.1, -0.05) is 6.07 Å². The third-order valence-corrected chi connectivity index (χ3v) is 5.78. The van der Waals surface area contributed by atoms with Gasteiger partial charge in [-0.3, -0.25) is 14.5 Å². The minimum absolute atomic E-state index is 0.00280. The second-order valence-corrected chi connectivity index (χ2v) is 7.91. The average Bonchev–Trinajstić information content (AvgIpc) is 3.20. The highest BCUT2D eigenvalue weighted by molar-refractivity contribution is 7.99. The molecule has 0 bridgehead atoms. The molecule has 2 amide bonds. The molecule has 1 aliphatic heterocycles. The van der Waals surface area contributed by atoms with Crippen molar-refractivity contribution in [1.82, 2.24) is 10.2 Å². The van der Waals surface area contributed by atoms with Crippen molar-refractivity contribution in [2.24, 2.45) is 0 Å². The summed E-state index contributed by atoms with van der Waals surface area (Å²) in [5.41, 5.74) is 3.84. The summed E-state index contributed by atoms with van der Waals surface area (Å²) in [6.07, 6.45) is 3.34. The van der Waals surface area contributed by atoms with Crippen LogP contribution in [0.3, 0.4) is 0 Å². The topological polar surface area (TPSA) is 74.6 Å². The quantitative estimate of drug-likeness (QED) is 0.772. The van der Waals surface area contributed by atoms with Crippen LogP contribution in [-0.4, -0.2) is 47.9 Å². The van der Waals surface area contributed by atoms with E-state index in [4.69, 9.17) is 4.42 Å². The zero-order valence-corrected chi connectivity index (χ0v) is 16.5. The zero-order chi connectivity index (χ0) is 19.2. The third kappa shape index (κ3) is 5.14. The molecule has 0 unspecified atom stereocenters. The van der Waals surface area contributed by atoms with E-state index in [1.165, 1.54) is 0 Å². The van der Waals surface area contributed by atoms with E-state index in [0.29, 0.717) is 12.2 Å². The van der Waals surface area contributed by atoms with Gasteiger partial charge in [0.2, 0.25) is 0 Å². The lowest BCUT2D eigenvalue weighted by molar-refractivity contribution is -0.136. The van der Waals surface area contributed by atoms with Crippen molar-refractivity contribution in [2.75, 3.05) is 36.5 Å². The molecule has 1 aromatic carbocycles. The van der Waals surface area contributed by atoms with E-state index in [2.05, 4.69) is 15.5 Å². The van der Waals surface area contributed by atoms with Gasteiger partial charge in [0.05, 0.1) is 18.6 Å². The Balaban J connectivity index is 1.59. The van der Waals surface area contributed by atoms with Gasteiger partial charge in [0, 0.05) is 42.4 Å². The molecule has 1 atom stereocenters. The molecule has 0 saturated carbocycles. The van der Waals surface area contributed by atoms with E-state index in [1.807, 2.05) is 43.8 Å². The van der Waals surface area contributed by atoms with Crippen LogP contribution in [0.1, 0.15) is 22.7 Å². The van der Waals surface area contributed by atoms with Crippen LogP contribution in [0, 0.1) is 13.8 Å². The largest absolute Gasteiger partial charge is 0.472 e. The Morgan fingerprint density at radius 2 is 1.93 bits per heavy atom. The molecule has 1 saturated heterocycles. The monoisotopic (exact) mass is 387 g/mol. The second kappa shape index (κ2) is 9.10. The van der Waals surface area contributed by atoms with Gasteiger partial charge in [0.1, 0.15) is 0 Å².